The van der Waals surface area contributed by atoms with Gasteiger partial charge in [0.25, 0.3) is 0 Å². The maximum atomic E-state index is 12.4. The van der Waals surface area contributed by atoms with Crippen molar-refractivity contribution in [1.29, 1.82) is 0 Å². The summed E-state index contributed by atoms with van der Waals surface area (Å²) in [6, 6.07) is 3.17. The van der Waals surface area contributed by atoms with Gasteiger partial charge < -0.3 is 4.74 Å². The van der Waals surface area contributed by atoms with E-state index in [1.807, 2.05) is 13.8 Å². The number of hydrogen-bond acceptors (Lipinski definition) is 6. The Bertz CT molecular complexity index is 984. The third-order valence-corrected chi connectivity index (χ3v) is 5.78. The van der Waals surface area contributed by atoms with Crippen LogP contribution in [0.25, 0.3) is 0 Å². The first-order valence-corrected chi connectivity index (χ1v) is 10.5. The normalized spacial score (nSPS) is 17.2. The first kappa shape index (κ1) is 22.2. The molecular formula is C22H23Cl2N3O3. The van der Waals surface area contributed by atoms with Crippen molar-refractivity contribution >= 4 is 46.4 Å². The maximum Gasteiger partial charge on any atom is 0.215 e. The number of hydrazone groups is 1. The largest absolute Gasteiger partial charge is 0.436 e. The van der Waals surface area contributed by atoms with Gasteiger partial charge in [0.1, 0.15) is 12.3 Å². The van der Waals surface area contributed by atoms with Crippen LogP contribution < -0.4 is 4.74 Å². The molecule has 0 unspecified atom stereocenters. The Morgan fingerprint density at radius 1 is 1.17 bits per heavy atom. The van der Waals surface area contributed by atoms with Gasteiger partial charge in [-0.2, -0.15) is 5.10 Å². The zero-order chi connectivity index (χ0) is 22.0. The SMILES string of the molecule is C=C1CC(=O)C(c2cc(Cl)c(OC3=NCC(=O)C(C(CC)CC)=C3)c(Cl)c2)=NN1C. The van der Waals surface area contributed by atoms with Crippen molar-refractivity contribution < 1.29 is 14.3 Å². The Labute approximate surface area is 185 Å². The summed E-state index contributed by atoms with van der Waals surface area (Å²) >= 11 is 12.8. The van der Waals surface area contributed by atoms with Crippen molar-refractivity contribution in [2.75, 3.05) is 13.6 Å². The molecule has 0 amide bonds. The molecule has 30 heavy (non-hydrogen) atoms. The highest BCUT2D eigenvalue weighted by Gasteiger charge is 2.26. The predicted molar refractivity (Wildman–Crippen MR) is 120 cm³/mol. The fraction of sp³-hybridized carbons (Fsp3) is 0.364. The highest BCUT2D eigenvalue weighted by Crippen LogP contribution is 2.36. The zero-order valence-electron chi connectivity index (χ0n) is 17.2. The van der Waals surface area contributed by atoms with Gasteiger partial charge in [0.15, 0.2) is 17.3 Å². The van der Waals surface area contributed by atoms with E-state index in [1.54, 1.807) is 30.3 Å². The van der Waals surface area contributed by atoms with Crippen molar-refractivity contribution in [2.45, 2.75) is 33.1 Å². The molecule has 6 nitrogen and oxygen atoms in total. The van der Waals surface area contributed by atoms with E-state index in [0.29, 0.717) is 16.8 Å². The van der Waals surface area contributed by atoms with Gasteiger partial charge in [-0.1, -0.05) is 43.6 Å². The molecule has 2 aliphatic heterocycles. The van der Waals surface area contributed by atoms with Crippen molar-refractivity contribution in [1.82, 2.24) is 5.01 Å². The van der Waals surface area contributed by atoms with Crippen LogP contribution in [0.4, 0.5) is 0 Å². The lowest BCUT2D eigenvalue weighted by Gasteiger charge is -2.23. The number of ether oxygens (including phenoxy) is 1. The van der Waals surface area contributed by atoms with Crippen LogP contribution in [-0.2, 0) is 9.59 Å². The van der Waals surface area contributed by atoms with Crippen LogP contribution in [0.3, 0.4) is 0 Å². The molecule has 158 valence electrons. The van der Waals surface area contributed by atoms with E-state index in [2.05, 4.69) is 16.7 Å². The molecule has 0 aromatic heterocycles. The van der Waals surface area contributed by atoms with Gasteiger partial charge in [0.05, 0.1) is 16.5 Å². The first-order valence-electron chi connectivity index (χ1n) is 9.74. The Morgan fingerprint density at radius 2 is 1.80 bits per heavy atom. The minimum atomic E-state index is -0.160. The molecule has 1 aromatic rings. The van der Waals surface area contributed by atoms with Crippen LogP contribution >= 0.6 is 23.2 Å². The van der Waals surface area contributed by atoms with Crippen LogP contribution in [0.1, 0.15) is 38.7 Å². The van der Waals surface area contributed by atoms with E-state index in [4.69, 9.17) is 27.9 Å². The van der Waals surface area contributed by atoms with E-state index in [-0.39, 0.29) is 57.9 Å². The second-order valence-corrected chi connectivity index (χ2v) is 8.01. The minimum absolute atomic E-state index is 0.00289. The highest BCUT2D eigenvalue weighted by atomic mass is 35.5. The molecule has 0 saturated carbocycles. The number of nitrogens with zero attached hydrogens (tertiary/aromatic N) is 3. The first-order chi connectivity index (χ1) is 14.2. The fourth-order valence-corrected chi connectivity index (χ4v) is 3.98. The van der Waals surface area contributed by atoms with Gasteiger partial charge >= 0.3 is 0 Å². The summed E-state index contributed by atoms with van der Waals surface area (Å²) in [6.07, 6.45) is 3.56. The number of benzene rings is 1. The average molecular weight is 448 g/mol. The quantitative estimate of drug-likeness (QED) is 0.647. The van der Waals surface area contributed by atoms with Gasteiger partial charge in [-0.15, -0.1) is 0 Å². The van der Waals surface area contributed by atoms with Crippen molar-refractivity contribution in [3.63, 3.8) is 0 Å². The Hall–Kier alpha value is -2.44. The van der Waals surface area contributed by atoms with Crippen molar-refractivity contribution in [2.24, 2.45) is 16.0 Å². The molecule has 3 rings (SSSR count). The number of carbonyl (C=O) groups is 2. The van der Waals surface area contributed by atoms with Crippen LogP contribution in [0, 0.1) is 5.92 Å². The Kier molecular flexibility index (Phi) is 6.78. The fourth-order valence-electron chi connectivity index (χ4n) is 3.41. The van der Waals surface area contributed by atoms with Crippen LogP contribution in [-0.4, -0.2) is 41.8 Å². The van der Waals surface area contributed by atoms with Crippen molar-refractivity contribution in [3.05, 3.63) is 51.7 Å². The lowest BCUT2D eigenvalue weighted by molar-refractivity contribution is -0.115. The molecule has 2 heterocycles. The average Bonchev–Trinajstić information content (AvgIpc) is 2.70. The van der Waals surface area contributed by atoms with Crippen LogP contribution in [0.5, 0.6) is 5.75 Å². The van der Waals surface area contributed by atoms with Gasteiger partial charge in [0.2, 0.25) is 5.90 Å². The molecular weight excluding hydrogens is 425 g/mol. The van der Waals surface area contributed by atoms with Gasteiger partial charge in [-0.3, -0.25) is 14.6 Å². The van der Waals surface area contributed by atoms with Crippen LogP contribution in [0.15, 0.2) is 46.2 Å². The number of halogens is 2. The highest BCUT2D eigenvalue weighted by molar-refractivity contribution is 6.48. The van der Waals surface area contributed by atoms with Gasteiger partial charge in [-0.05, 0) is 30.9 Å². The topological polar surface area (TPSA) is 71.3 Å². The van der Waals surface area contributed by atoms with E-state index in [9.17, 15) is 9.59 Å². The van der Waals surface area contributed by atoms with E-state index in [0.717, 1.165) is 12.8 Å². The summed E-state index contributed by atoms with van der Waals surface area (Å²) in [4.78, 5) is 28.8. The predicted octanol–water partition coefficient (Wildman–Crippen LogP) is 4.84. The summed E-state index contributed by atoms with van der Waals surface area (Å²) < 4.78 is 5.85. The number of allylic oxidation sites excluding steroid dienone is 1. The molecule has 0 radical (unpaired) electrons. The van der Waals surface area contributed by atoms with E-state index >= 15 is 0 Å². The summed E-state index contributed by atoms with van der Waals surface area (Å²) in [5.74, 6) is 0.504. The Morgan fingerprint density at radius 3 is 2.40 bits per heavy atom. The minimum Gasteiger partial charge on any atom is -0.436 e. The smallest absolute Gasteiger partial charge is 0.215 e. The van der Waals surface area contributed by atoms with Crippen molar-refractivity contribution in [3.8, 4) is 5.75 Å². The number of dihydropyridines is 1. The lowest BCUT2D eigenvalue weighted by Crippen LogP contribution is -2.28. The van der Waals surface area contributed by atoms with Gasteiger partial charge in [0, 0.05) is 30.0 Å². The molecule has 0 atom stereocenters. The molecule has 0 aliphatic carbocycles. The molecule has 0 saturated heterocycles. The molecule has 0 fully saturated rings. The third-order valence-electron chi connectivity index (χ3n) is 5.22. The number of hydrogen-bond donors (Lipinski definition) is 0. The monoisotopic (exact) mass is 447 g/mol. The van der Waals surface area contributed by atoms with E-state index < -0.39 is 0 Å². The van der Waals surface area contributed by atoms with Crippen LogP contribution in [0.2, 0.25) is 10.0 Å². The maximum absolute atomic E-state index is 12.4. The molecule has 8 heteroatoms. The summed E-state index contributed by atoms with van der Waals surface area (Å²) in [7, 11) is 1.72. The number of rotatable bonds is 5. The van der Waals surface area contributed by atoms with Gasteiger partial charge in [-0.25, -0.2) is 4.99 Å². The molecule has 0 bridgehead atoms. The molecule has 1 aromatic carbocycles. The number of aliphatic imine (C=N–C) groups is 1. The zero-order valence-corrected chi connectivity index (χ0v) is 18.7. The lowest BCUT2D eigenvalue weighted by atomic mass is 9.89. The second-order valence-electron chi connectivity index (χ2n) is 7.20. The summed E-state index contributed by atoms with van der Waals surface area (Å²) in [5, 5.41) is 6.27. The standard InChI is InChI=1S/C22H23Cl2N3O3/c1-5-13(6-2)15-10-20(25-11-19(15)29)30-22-16(23)8-14(9-17(22)24)21-18(28)7-12(3)27(4)26-21/h8-10,13H,3,5-7,11H2,1-2,4H3. The molecule has 0 N–H and O–H groups in total. The summed E-state index contributed by atoms with van der Waals surface area (Å²) in [6.45, 7) is 7.93. The number of Topliss-reactive ketones (excluding diaryl/α,β-unsaturated/α-hetero) is 2. The number of carbonyl (C=O) groups excluding carboxylic acids is 2. The number of ketones is 2. The molecule has 2 aliphatic rings. The molecule has 0 spiro atoms. The second kappa shape index (κ2) is 9.14. The summed E-state index contributed by atoms with van der Waals surface area (Å²) in [5.41, 5.74) is 2.08. The third kappa shape index (κ3) is 4.50. The Balaban J connectivity index is 1.90. The van der Waals surface area contributed by atoms with E-state index in [1.165, 1.54) is 0 Å².